The molecule has 0 radical (unpaired) electrons. The first-order valence-corrected chi connectivity index (χ1v) is 6.82. The molecule has 2 atom stereocenters. The maximum Gasteiger partial charge on any atom is 0.228 e. The number of aromatic nitrogens is 4. The second-order valence-corrected chi connectivity index (χ2v) is 5.49. The van der Waals surface area contributed by atoms with E-state index in [4.69, 9.17) is 5.73 Å². The third-order valence-electron chi connectivity index (χ3n) is 4.37. The molecule has 7 heteroatoms. The Bertz CT molecular complexity index is 878. The number of primary amides is 1. The summed E-state index contributed by atoms with van der Waals surface area (Å²) in [6.45, 7) is 0. The molecule has 3 aromatic heterocycles. The lowest BCUT2D eigenvalue weighted by molar-refractivity contribution is -0.120. The van der Waals surface area contributed by atoms with Crippen LogP contribution < -0.4 is 5.73 Å². The van der Waals surface area contributed by atoms with Crippen molar-refractivity contribution in [1.29, 1.82) is 0 Å². The Hall–Kier alpha value is -2.83. The molecular formula is C15H12FN5O. The second kappa shape index (κ2) is 4.33. The topological polar surface area (TPSA) is 97.5 Å². The standard InChI is InChI=1S/C15H12FN5O/c16-12-9-6-20-21-11(9)7-19-13(12)10-4-15(10,14(17)22)8-2-1-3-18-5-8/h1-3,5-7,10H,4H2,(H2,17,22)(H,20,21). The quantitative estimate of drug-likeness (QED) is 0.763. The van der Waals surface area contributed by atoms with Gasteiger partial charge < -0.3 is 5.73 Å². The number of hydrogen-bond acceptors (Lipinski definition) is 4. The van der Waals surface area contributed by atoms with Crippen molar-refractivity contribution in [3.05, 3.63) is 54.0 Å². The Balaban J connectivity index is 1.83. The lowest BCUT2D eigenvalue weighted by Gasteiger charge is -2.13. The van der Waals surface area contributed by atoms with Crippen molar-refractivity contribution in [3.63, 3.8) is 0 Å². The highest BCUT2D eigenvalue weighted by Crippen LogP contribution is 2.60. The predicted octanol–water partition coefficient (Wildman–Crippen LogP) is 1.40. The van der Waals surface area contributed by atoms with Gasteiger partial charge in [0.25, 0.3) is 0 Å². The van der Waals surface area contributed by atoms with Gasteiger partial charge in [-0.2, -0.15) is 5.10 Å². The maximum absolute atomic E-state index is 14.6. The van der Waals surface area contributed by atoms with Crippen LogP contribution in [0.5, 0.6) is 0 Å². The molecule has 1 amide bonds. The zero-order valence-electron chi connectivity index (χ0n) is 11.5. The van der Waals surface area contributed by atoms with Crippen LogP contribution in [-0.4, -0.2) is 26.1 Å². The van der Waals surface area contributed by atoms with Gasteiger partial charge in [0.05, 0.1) is 34.4 Å². The van der Waals surface area contributed by atoms with E-state index in [1.54, 1.807) is 24.5 Å². The minimum atomic E-state index is -0.931. The van der Waals surface area contributed by atoms with Crippen molar-refractivity contribution in [2.24, 2.45) is 5.73 Å². The third kappa shape index (κ3) is 1.59. The van der Waals surface area contributed by atoms with Crippen molar-refractivity contribution in [3.8, 4) is 0 Å². The third-order valence-corrected chi connectivity index (χ3v) is 4.37. The average molecular weight is 297 g/mol. The molecule has 22 heavy (non-hydrogen) atoms. The molecule has 3 N–H and O–H groups in total. The normalized spacial score (nSPS) is 23.6. The highest BCUT2D eigenvalue weighted by molar-refractivity contribution is 5.92. The minimum absolute atomic E-state index is 0.247. The molecule has 6 nitrogen and oxygen atoms in total. The summed E-state index contributed by atoms with van der Waals surface area (Å²) in [6, 6.07) is 3.52. The zero-order valence-corrected chi connectivity index (χ0v) is 11.5. The number of hydrogen-bond donors (Lipinski definition) is 2. The minimum Gasteiger partial charge on any atom is -0.369 e. The van der Waals surface area contributed by atoms with Crippen LogP contribution in [-0.2, 0) is 10.2 Å². The van der Waals surface area contributed by atoms with Gasteiger partial charge in [-0.05, 0) is 18.1 Å². The van der Waals surface area contributed by atoms with Gasteiger partial charge in [0.15, 0.2) is 5.82 Å². The Morgan fingerprint density at radius 1 is 1.41 bits per heavy atom. The van der Waals surface area contributed by atoms with E-state index in [0.29, 0.717) is 22.9 Å². The van der Waals surface area contributed by atoms with Crippen molar-refractivity contribution in [1.82, 2.24) is 20.2 Å². The molecule has 0 aliphatic heterocycles. The van der Waals surface area contributed by atoms with Crippen LogP contribution in [0.1, 0.15) is 23.6 Å². The van der Waals surface area contributed by atoms with E-state index < -0.39 is 17.1 Å². The number of carbonyl (C=O) groups is 1. The van der Waals surface area contributed by atoms with Crippen LogP contribution in [0.15, 0.2) is 36.9 Å². The number of fused-ring (bicyclic) bond motifs is 1. The first-order valence-electron chi connectivity index (χ1n) is 6.82. The maximum atomic E-state index is 14.6. The van der Waals surface area contributed by atoms with E-state index in [9.17, 15) is 9.18 Å². The number of aromatic amines is 1. The van der Waals surface area contributed by atoms with E-state index in [-0.39, 0.29) is 11.6 Å². The van der Waals surface area contributed by atoms with Crippen LogP contribution in [0.25, 0.3) is 10.9 Å². The fraction of sp³-hybridized carbons (Fsp3) is 0.200. The van der Waals surface area contributed by atoms with Gasteiger partial charge in [-0.3, -0.25) is 19.9 Å². The van der Waals surface area contributed by atoms with Crippen LogP contribution in [0.2, 0.25) is 0 Å². The van der Waals surface area contributed by atoms with E-state index in [1.807, 2.05) is 0 Å². The summed E-state index contributed by atoms with van der Waals surface area (Å²) in [5.41, 5.74) is 6.13. The lowest BCUT2D eigenvalue weighted by atomic mass is 9.92. The Morgan fingerprint density at radius 3 is 3.00 bits per heavy atom. The summed E-state index contributed by atoms with van der Waals surface area (Å²) in [4.78, 5) is 20.2. The molecule has 2 unspecified atom stereocenters. The largest absolute Gasteiger partial charge is 0.369 e. The fourth-order valence-electron chi connectivity index (χ4n) is 3.09. The Morgan fingerprint density at radius 2 is 2.27 bits per heavy atom. The first-order chi connectivity index (χ1) is 10.6. The van der Waals surface area contributed by atoms with Gasteiger partial charge in [-0.25, -0.2) is 4.39 Å². The molecule has 1 aliphatic carbocycles. The summed E-state index contributed by atoms with van der Waals surface area (Å²) in [6.07, 6.45) is 6.58. The number of H-pyrrole nitrogens is 1. The van der Waals surface area contributed by atoms with Gasteiger partial charge >= 0.3 is 0 Å². The molecule has 0 bridgehead atoms. The molecule has 0 spiro atoms. The Kier molecular flexibility index (Phi) is 2.53. The summed E-state index contributed by atoms with van der Waals surface area (Å²) in [7, 11) is 0. The molecule has 3 aromatic rings. The van der Waals surface area contributed by atoms with Crippen LogP contribution in [0.3, 0.4) is 0 Å². The molecular weight excluding hydrogens is 285 g/mol. The van der Waals surface area contributed by atoms with Crippen LogP contribution in [0, 0.1) is 5.82 Å². The van der Waals surface area contributed by atoms with Gasteiger partial charge in [-0.15, -0.1) is 0 Å². The van der Waals surface area contributed by atoms with Gasteiger partial charge in [0, 0.05) is 18.3 Å². The number of halogens is 1. The summed E-state index contributed by atoms with van der Waals surface area (Å²) < 4.78 is 14.6. The molecule has 1 saturated carbocycles. The summed E-state index contributed by atoms with van der Waals surface area (Å²) >= 11 is 0. The van der Waals surface area contributed by atoms with Crippen molar-refractivity contribution in [2.45, 2.75) is 17.8 Å². The first kappa shape index (κ1) is 12.9. The lowest BCUT2D eigenvalue weighted by Crippen LogP contribution is -2.30. The van der Waals surface area contributed by atoms with Gasteiger partial charge in [-0.1, -0.05) is 6.07 Å². The molecule has 4 rings (SSSR count). The number of nitrogens with two attached hydrogens (primary N) is 1. The van der Waals surface area contributed by atoms with E-state index >= 15 is 0 Å². The fourth-order valence-corrected chi connectivity index (χ4v) is 3.09. The summed E-state index contributed by atoms with van der Waals surface area (Å²) in [5, 5.41) is 6.84. The Labute approximate surface area is 124 Å². The molecule has 1 fully saturated rings. The highest BCUT2D eigenvalue weighted by atomic mass is 19.1. The number of amides is 1. The molecule has 0 aromatic carbocycles. The second-order valence-electron chi connectivity index (χ2n) is 5.49. The van der Waals surface area contributed by atoms with Crippen LogP contribution in [0.4, 0.5) is 4.39 Å². The average Bonchev–Trinajstić information content (AvgIpc) is 3.10. The molecule has 1 aliphatic rings. The van der Waals surface area contributed by atoms with E-state index in [1.165, 1.54) is 12.4 Å². The van der Waals surface area contributed by atoms with Crippen molar-refractivity contribution < 1.29 is 9.18 Å². The number of carbonyl (C=O) groups excluding carboxylic acids is 1. The summed E-state index contributed by atoms with van der Waals surface area (Å²) in [5.74, 6) is -1.32. The molecule has 0 saturated heterocycles. The molecule has 110 valence electrons. The van der Waals surface area contributed by atoms with Gasteiger partial charge in [0.2, 0.25) is 5.91 Å². The predicted molar refractivity (Wildman–Crippen MR) is 76.3 cm³/mol. The smallest absolute Gasteiger partial charge is 0.228 e. The van der Waals surface area contributed by atoms with Crippen molar-refractivity contribution >= 4 is 16.8 Å². The monoisotopic (exact) mass is 297 g/mol. The van der Waals surface area contributed by atoms with E-state index in [2.05, 4.69) is 20.2 Å². The number of nitrogens with zero attached hydrogens (tertiary/aromatic N) is 3. The SMILES string of the molecule is NC(=O)C1(c2cccnc2)CC1c1ncc2[nH]ncc2c1F. The number of nitrogens with one attached hydrogen (secondary N) is 1. The van der Waals surface area contributed by atoms with Gasteiger partial charge in [0.1, 0.15) is 0 Å². The number of pyridine rings is 2. The van der Waals surface area contributed by atoms with E-state index in [0.717, 1.165) is 0 Å². The zero-order chi connectivity index (χ0) is 15.3. The van der Waals surface area contributed by atoms with Crippen LogP contribution >= 0.6 is 0 Å². The number of rotatable bonds is 3. The highest BCUT2D eigenvalue weighted by Gasteiger charge is 2.62. The molecule has 3 heterocycles. The van der Waals surface area contributed by atoms with Crippen molar-refractivity contribution in [2.75, 3.05) is 0 Å².